The number of ether oxygens (including phenoxy) is 2. The number of esters is 2. The molecule has 12 heteroatoms. The largest absolute Gasteiger partial charge is 0.469 e. The zero-order chi connectivity index (χ0) is 39.2. The summed E-state index contributed by atoms with van der Waals surface area (Å²) >= 11 is 0. The van der Waals surface area contributed by atoms with E-state index in [1.165, 1.54) is 44.9 Å². The zero-order valence-electron chi connectivity index (χ0n) is 32.6. The molecule has 0 bridgehead atoms. The summed E-state index contributed by atoms with van der Waals surface area (Å²) < 4.78 is 26.3. The van der Waals surface area contributed by atoms with Gasteiger partial charge in [0.2, 0.25) is 0 Å². The number of hydrogen-bond donors (Lipinski definition) is 4. The maximum absolute atomic E-state index is 12.4. The Balaban J connectivity index is 2.31. The van der Waals surface area contributed by atoms with Gasteiger partial charge in [0.05, 0.1) is 18.8 Å². The molecule has 1 rings (SSSR count). The first-order valence-corrected chi connectivity index (χ1v) is 21.9. The fourth-order valence-electron chi connectivity index (χ4n) is 6.35. The maximum Gasteiger partial charge on any atom is 0.469 e. The van der Waals surface area contributed by atoms with E-state index in [4.69, 9.17) is 19.3 Å². The normalized spacial score (nSPS) is 19.1. The van der Waals surface area contributed by atoms with Gasteiger partial charge in [-0.15, -0.1) is 0 Å². The van der Waals surface area contributed by atoms with Gasteiger partial charge >= 0.3 is 19.8 Å². The number of aliphatic hydroxyl groups excluding tert-OH is 2. The van der Waals surface area contributed by atoms with Crippen LogP contribution in [0, 0.1) is 11.8 Å². The van der Waals surface area contributed by atoms with Crippen LogP contribution < -0.4 is 0 Å². The van der Waals surface area contributed by atoms with E-state index in [1.54, 1.807) is 12.2 Å². The predicted octanol–water partition coefficient (Wildman–Crippen LogP) is 8.77. The molecular weight excluding hydrogens is 699 g/mol. The Morgan fingerprint density at radius 3 is 2.00 bits per heavy atom. The summed E-state index contributed by atoms with van der Waals surface area (Å²) in [5, 5.41) is 20.6. The van der Waals surface area contributed by atoms with E-state index < -0.39 is 50.6 Å². The number of ketones is 1. The Morgan fingerprint density at radius 1 is 0.774 bits per heavy atom. The van der Waals surface area contributed by atoms with Crippen molar-refractivity contribution in [1.82, 2.24) is 0 Å². The summed E-state index contributed by atoms with van der Waals surface area (Å²) in [5.74, 6) is -1.83. The van der Waals surface area contributed by atoms with Gasteiger partial charge in [0, 0.05) is 31.1 Å². The average molecular weight is 771 g/mol. The van der Waals surface area contributed by atoms with Gasteiger partial charge in [-0.3, -0.25) is 18.9 Å². The summed E-state index contributed by atoms with van der Waals surface area (Å²) in [4.78, 5) is 55.4. The van der Waals surface area contributed by atoms with Crippen molar-refractivity contribution in [2.75, 3.05) is 13.2 Å². The van der Waals surface area contributed by atoms with Crippen LogP contribution in [0.25, 0.3) is 0 Å². The number of carbonyl (C=O) groups excluding carboxylic acids is 3. The number of rotatable bonds is 33. The molecule has 53 heavy (non-hydrogen) atoms. The number of Topliss-reactive ketones (excluding diaryl/α,β-unsaturated/α-hetero) is 1. The molecule has 0 aromatic rings. The quantitative estimate of drug-likeness (QED) is 0.0217. The number of allylic oxidation sites excluding steroid dienone is 5. The topological polar surface area (TPSA) is 177 Å². The standard InChI is InChI=1S/C41H71O11P/c1-3-5-7-8-9-10-11-12-13-14-15-16-17-18-24-28-41(46)52-35(33-51-53(47,48)49)32-50-40(45)27-23-20-19-22-26-36-37(39(44)31-38(36)43)30-29-34(42)25-21-6-4-2/h10-11,19,22,29-30,34-38,42-43H,3-9,12-18,20-21,23-28,31-33H2,1-2H3,(H2,47,48,49)/b11-10-,22-19-,30-29+/t34-,35+,36+,37+,38-/m0/s1. The van der Waals surface area contributed by atoms with Crippen molar-refractivity contribution in [3.05, 3.63) is 36.5 Å². The molecule has 1 aliphatic rings. The van der Waals surface area contributed by atoms with E-state index >= 15 is 0 Å². The van der Waals surface area contributed by atoms with Crippen molar-refractivity contribution in [1.29, 1.82) is 0 Å². The van der Waals surface area contributed by atoms with E-state index in [0.29, 0.717) is 32.1 Å². The highest BCUT2D eigenvalue weighted by atomic mass is 31.2. The number of phosphoric ester groups is 1. The molecule has 0 spiro atoms. The van der Waals surface area contributed by atoms with Crippen LogP contribution in [0.2, 0.25) is 0 Å². The van der Waals surface area contributed by atoms with Gasteiger partial charge in [-0.25, -0.2) is 4.57 Å². The minimum Gasteiger partial charge on any atom is -0.462 e. The highest BCUT2D eigenvalue weighted by Crippen LogP contribution is 2.36. The monoisotopic (exact) mass is 770 g/mol. The van der Waals surface area contributed by atoms with Crippen molar-refractivity contribution >= 4 is 25.5 Å². The fourth-order valence-corrected chi connectivity index (χ4v) is 6.71. The molecule has 0 amide bonds. The first-order chi connectivity index (χ1) is 25.5. The van der Waals surface area contributed by atoms with E-state index in [1.807, 2.05) is 12.2 Å². The molecule has 0 radical (unpaired) electrons. The third-order valence-electron chi connectivity index (χ3n) is 9.51. The molecular formula is C41H71O11P. The lowest BCUT2D eigenvalue weighted by Gasteiger charge is -2.18. The van der Waals surface area contributed by atoms with Gasteiger partial charge in [0.15, 0.2) is 6.10 Å². The van der Waals surface area contributed by atoms with Crippen molar-refractivity contribution in [3.8, 4) is 0 Å². The van der Waals surface area contributed by atoms with Crippen molar-refractivity contribution in [2.45, 2.75) is 180 Å². The Hall–Kier alpha value is -2.14. The van der Waals surface area contributed by atoms with E-state index in [-0.39, 0.29) is 37.6 Å². The molecule has 11 nitrogen and oxygen atoms in total. The molecule has 1 fully saturated rings. The van der Waals surface area contributed by atoms with Gasteiger partial charge in [-0.2, -0.15) is 0 Å². The first kappa shape index (κ1) is 48.9. The van der Waals surface area contributed by atoms with Crippen LogP contribution in [0.15, 0.2) is 36.5 Å². The SMILES string of the molecule is CCCCCC/C=C\CCCCCCCCCC(=O)O[C@H](COC(=O)CCC/C=C\C[C@H]1[C@@H](O)CC(=O)[C@@H]1/C=C/[C@@H](O)CCCCC)COP(=O)(O)O. The predicted molar refractivity (Wildman–Crippen MR) is 208 cm³/mol. The molecule has 0 aliphatic heterocycles. The fraction of sp³-hybridized carbons (Fsp3) is 0.780. The third-order valence-corrected chi connectivity index (χ3v) is 9.99. The second-order valence-electron chi connectivity index (χ2n) is 14.4. The molecule has 4 N–H and O–H groups in total. The zero-order valence-corrected chi connectivity index (χ0v) is 33.5. The second kappa shape index (κ2) is 31.1. The summed E-state index contributed by atoms with van der Waals surface area (Å²) in [6.45, 7) is 3.33. The number of carbonyl (C=O) groups is 3. The van der Waals surface area contributed by atoms with Crippen LogP contribution in [0.4, 0.5) is 0 Å². The Morgan fingerprint density at radius 2 is 1.34 bits per heavy atom. The highest BCUT2D eigenvalue weighted by molar-refractivity contribution is 7.46. The lowest BCUT2D eigenvalue weighted by atomic mass is 9.90. The highest BCUT2D eigenvalue weighted by Gasteiger charge is 2.39. The molecule has 0 aromatic carbocycles. The van der Waals surface area contributed by atoms with Crippen LogP contribution in [0.1, 0.15) is 162 Å². The van der Waals surface area contributed by atoms with Gasteiger partial charge < -0.3 is 29.5 Å². The first-order valence-electron chi connectivity index (χ1n) is 20.4. The van der Waals surface area contributed by atoms with Crippen LogP contribution in [0.5, 0.6) is 0 Å². The van der Waals surface area contributed by atoms with Crippen molar-refractivity contribution in [3.63, 3.8) is 0 Å². The maximum atomic E-state index is 12.4. The van der Waals surface area contributed by atoms with Gasteiger partial charge in [0.25, 0.3) is 0 Å². The average Bonchev–Trinajstić information content (AvgIpc) is 3.38. The summed E-state index contributed by atoms with van der Waals surface area (Å²) in [6.07, 6.45) is 29.4. The van der Waals surface area contributed by atoms with Crippen LogP contribution >= 0.6 is 7.82 Å². The lowest BCUT2D eigenvalue weighted by Crippen LogP contribution is -2.29. The molecule has 0 aromatic heterocycles. The summed E-state index contributed by atoms with van der Waals surface area (Å²) in [6, 6.07) is 0. The van der Waals surface area contributed by atoms with E-state index in [2.05, 4.69) is 30.5 Å². The smallest absolute Gasteiger partial charge is 0.462 e. The van der Waals surface area contributed by atoms with Crippen molar-refractivity contribution in [2.24, 2.45) is 11.8 Å². The molecule has 0 saturated heterocycles. The Kier molecular flexibility index (Phi) is 28.7. The third kappa shape index (κ3) is 27.1. The second-order valence-corrected chi connectivity index (χ2v) is 15.6. The molecule has 1 saturated carbocycles. The number of hydrogen-bond acceptors (Lipinski definition) is 9. The van der Waals surface area contributed by atoms with Gasteiger partial charge in [-0.1, -0.05) is 121 Å². The molecule has 306 valence electrons. The van der Waals surface area contributed by atoms with Gasteiger partial charge in [0.1, 0.15) is 12.4 Å². The lowest BCUT2D eigenvalue weighted by molar-refractivity contribution is -0.161. The Bertz CT molecular complexity index is 1120. The van der Waals surface area contributed by atoms with Crippen molar-refractivity contribution < 1.29 is 52.9 Å². The van der Waals surface area contributed by atoms with E-state index in [0.717, 1.165) is 51.4 Å². The van der Waals surface area contributed by atoms with Crippen LogP contribution in [-0.2, 0) is 32.9 Å². The molecule has 0 unspecified atom stereocenters. The molecule has 1 aliphatic carbocycles. The number of aliphatic hydroxyl groups is 2. The van der Waals surface area contributed by atoms with Crippen LogP contribution in [0.3, 0.4) is 0 Å². The number of phosphoric acid groups is 1. The van der Waals surface area contributed by atoms with E-state index in [9.17, 15) is 29.2 Å². The molecule has 0 heterocycles. The minimum absolute atomic E-state index is 0.0332. The minimum atomic E-state index is -4.82. The summed E-state index contributed by atoms with van der Waals surface area (Å²) in [7, 11) is -4.82. The number of unbranched alkanes of at least 4 members (excludes halogenated alkanes) is 14. The molecule has 5 atom stereocenters. The van der Waals surface area contributed by atoms with Gasteiger partial charge in [-0.05, 0) is 57.8 Å². The Labute approximate surface area is 319 Å². The van der Waals surface area contributed by atoms with Crippen LogP contribution in [-0.4, -0.2) is 69.2 Å². The summed E-state index contributed by atoms with van der Waals surface area (Å²) in [5.41, 5.74) is 0.